The average Bonchev–Trinajstić information content (AvgIpc) is 2.62. The third kappa shape index (κ3) is 4.94. The number of aliphatic hydroxyl groups is 1. The first-order valence-electron chi connectivity index (χ1n) is 7.19. The molecule has 1 saturated heterocycles. The number of aliphatic hydroxyl groups excluding tert-OH is 1. The van der Waals surface area contributed by atoms with Crippen LogP contribution in [0.25, 0.3) is 0 Å². The van der Waals surface area contributed by atoms with E-state index in [4.69, 9.17) is 0 Å². The molecule has 1 aliphatic rings. The van der Waals surface area contributed by atoms with Crippen molar-refractivity contribution in [3.05, 3.63) is 0 Å². The van der Waals surface area contributed by atoms with Crippen molar-refractivity contribution in [2.24, 2.45) is 0 Å². The number of nitrogens with zero attached hydrogens (tertiary/aromatic N) is 2. The lowest BCUT2D eigenvalue weighted by molar-refractivity contribution is -0.136. The SMILES string of the molecule is CC(O)CCN(C)C(C)C(=O)N1CCCCCC1. The minimum atomic E-state index is -0.298. The lowest BCUT2D eigenvalue weighted by atomic mass is 10.2. The van der Waals surface area contributed by atoms with Gasteiger partial charge in [0.05, 0.1) is 12.1 Å². The second kappa shape index (κ2) is 7.74. The van der Waals surface area contributed by atoms with Gasteiger partial charge in [-0.3, -0.25) is 9.69 Å². The molecule has 1 amide bonds. The third-order valence-electron chi connectivity index (χ3n) is 3.84. The Labute approximate surface area is 111 Å². The molecular formula is C14H28N2O2. The summed E-state index contributed by atoms with van der Waals surface area (Å²) in [5.74, 6) is 0.241. The van der Waals surface area contributed by atoms with Crippen LogP contribution in [-0.2, 0) is 4.79 Å². The smallest absolute Gasteiger partial charge is 0.239 e. The lowest BCUT2D eigenvalue weighted by Crippen LogP contribution is -2.46. The van der Waals surface area contributed by atoms with Crippen molar-refractivity contribution < 1.29 is 9.90 Å². The molecule has 0 aliphatic carbocycles. The molecule has 0 radical (unpaired) electrons. The second-order valence-corrected chi connectivity index (χ2v) is 5.53. The van der Waals surface area contributed by atoms with Gasteiger partial charge in [0.25, 0.3) is 0 Å². The van der Waals surface area contributed by atoms with Gasteiger partial charge in [-0.25, -0.2) is 0 Å². The zero-order chi connectivity index (χ0) is 13.5. The maximum Gasteiger partial charge on any atom is 0.239 e. The first-order valence-corrected chi connectivity index (χ1v) is 7.19. The normalized spacial score (nSPS) is 20.6. The van der Waals surface area contributed by atoms with Crippen LogP contribution in [0.2, 0.25) is 0 Å². The largest absolute Gasteiger partial charge is 0.393 e. The van der Waals surface area contributed by atoms with Gasteiger partial charge in [-0.1, -0.05) is 12.8 Å². The van der Waals surface area contributed by atoms with E-state index in [1.54, 1.807) is 6.92 Å². The first kappa shape index (κ1) is 15.4. The molecule has 0 spiro atoms. The van der Waals surface area contributed by atoms with E-state index in [1.807, 2.05) is 23.8 Å². The van der Waals surface area contributed by atoms with Crippen LogP contribution < -0.4 is 0 Å². The number of carbonyl (C=O) groups is 1. The van der Waals surface area contributed by atoms with Crippen LogP contribution in [0.15, 0.2) is 0 Å². The number of likely N-dealkylation sites (N-methyl/N-ethyl adjacent to an activating group) is 1. The number of hydrogen-bond donors (Lipinski definition) is 1. The minimum absolute atomic E-state index is 0.0816. The molecule has 0 bridgehead atoms. The van der Waals surface area contributed by atoms with Crippen molar-refractivity contribution in [1.82, 2.24) is 9.80 Å². The molecule has 0 saturated carbocycles. The van der Waals surface area contributed by atoms with E-state index in [0.29, 0.717) is 6.42 Å². The molecule has 1 rings (SSSR count). The topological polar surface area (TPSA) is 43.8 Å². The molecular weight excluding hydrogens is 228 g/mol. The number of likely N-dealkylation sites (tertiary alicyclic amines) is 1. The standard InChI is InChI=1S/C14H28N2O2/c1-12(17)8-11-15(3)13(2)14(18)16-9-6-4-5-7-10-16/h12-13,17H,4-11H2,1-3H3. The van der Waals surface area contributed by atoms with E-state index < -0.39 is 0 Å². The number of hydrogen-bond acceptors (Lipinski definition) is 3. The van der Waals surface area contributed by atoms with Crippen LogP contribution in [0.3, 0.4) is 0 Å². The minimum Gasteiger partial charge on any atom is -0.393 e. The molecule has 2 unspecified atom stereocenters. The van der Waals surface area contributed by atoms with Crippen LogP contribution in [0.5, 0.6) is 0 Å². The first-order chi connectivity index (χ1) is 8.52. The molecule has 0 aromatic rings. The molecule has 0 aromatic carbocycles. The molecule has 1 heterocycles. The van der Waals surface area contributed by atoms with Crippen LogP contribution in [0.4, 0.5) is 0 Å². The van der Waals surface area contributed by atoms with Crippen LogP contribution >= 0.6 is 0 Å². The summed E-state index contributed by atoms with van der Waals surface area (Å²) in [5.41, 5.74) is 0. The van der Waals surface area contributed by atoms with E-state index in [-0.39, 0.29) is 18.1 Å². The Morgan fingerprint density at radius 3 is 2.28 bits per heavy atom. The molecule has 1 aliphatic heterocycles. The van der Waals surface area contributed by atoms with Gasteiger partial charge in [0.2, 0.25) is 5.91 Å². The fourth-order valence-corrected chi connectivity index (χ4v) is 2.33. The zero-order valence-corrected chi connectivity index (χ0v) is 12.1. The quantitative estimate of drug-likeness (QED) is 0.810. The highest BCUT2D eigenvalue weighted by Gasteiger charge is 2.24. The highest BCUT2D eigenvalue weighted by molar-refractivity contribution is 5.81. The molecule has 4 heteroatoms. The molecule has 106 valence electrons. The van der Waals surface area contributed by atoms with Crippen LogP contribution in [-0.4, -0.2) is 59.6 Å². The molecule has 1 fully saturated rings. The summed E-state index contributed by atoms with van der Waals surface area (Å²) in [6.07, 6.45) is 5.18. The van der Waals surface area contributed by atoms with Gasteiger partial charge in [-0.15, -0.1) is 0 Å². The Morgan fingerprint density at radius 1 is 1.22 bits per heavy atom. The monoisotopic (exact) mass is 256 g/mol. The van der Waals surface area contributed by atoms with Crippen molar-refractivity contribution in [3.63, 3.8) is 0 Å². The molecule has 2 atom stereocenters. The summed E-state index contributed by atoms with van der Waals surface area (Å²) in [4.78, 5) is 16.4. The van der Waals surface area contributed by atoms with E-state index in [9.17, 15) is 9.90 Å². The number of amides is 1. The summed E-state index contributed by atoms with van der Waals surface area (Å²) in [7, 11) is 1.96. The Hall–Kier alpha value is -0.610. The fraction of sp³-hybridized carbons (Fsp3) is 0.929. The van der Waals surface area contributed by atoms with Gasteiger partial charge in [0, 0.05) is 19.6 Å². The maximum absolute atomic E-state index is 12.4. The number of rotatable bonds is 5. The highest BCUT2D eigenvalue weighted by Crippen LogP contribution is 2.12. The van der Waals surface area contributed by atoms with Crippen molar-refractivity contribution in [2.75, 3.05) is 26.7 Å². The summed E-state index contributed by atoms with van der Waals surface area (Å²) in [6, 6.07) is -0.0816. The molecule has 4 nitrogen and oxygen atoms in total. The van der Waals surface area contributed by atoms with Crippen LogP contribution in [0, 0.1) is 0 Å². The van der Waals surface area contributed by atoms with Crippen molar-refractivity contribution in [2.45, 2.75) is 58.1 Å². The second-order valence-electron chi connectivity index (χ2n) is 5.53. The zero-order valence-electron chi connectivity index (χ0n) is 12.1. The van der Waals surface area contributed by atoms with Gasteiger partial charge < -0.3 is 10.0 Å². The summed E-state index contributed by atoms with van der Waals surface area (Å²) < 4.78 is 0. The fourth-order valence-electron chi connectivity index (χ4n) is 2.33. The Bertz CT molecular complexity index is 248. The molecule has 0 aromatic heterocycles. The lowest BCUT2D eigenvalue weighted by Gasteiger charge is -2.30. The predicted octanol–water partition coefficient (Wildman–Crippen LogP) is 1.48. The van der Waals surface area contributed by atoms with E-state index in [0.717, 1.165) is 32.5 Å². The van der Waals surface area contributed by atoms with E-state index >= 15 is 0 Å². The van der Waals surface area contributed by atoms with Crippen molar-refractivity contribution in [1.29, 1.82) is 0 Å². The van der Waals surface area contributed by atoms with Gasteiger partial charge in [0.15, 0.2) is 0 Å². The van der Waals surface area contributed by atoms with Gasteiger partial charge in [-0.05, 0) is 40.2 Å². The van der Waals surface area contributed by atoms with E-state index in [2.05, 4.69) is 0 Å². The van der Waals surface area contributed by atoms with Crippen molar-refractivity contribution >= 4 is 5.91 Å². The van der Waals surface area contributed by atoms with Crippen molar-refractivity contribution in [3.8, 4) is 0 Å². The summed E-state index contributed by atoms with van der Waals surface area (Å²) in [6.45, 7) is 6.34. The molecule has 18 heavy (non-hydrogen) atoms. The summed E-state index contributed by atoms with van der Waals surface area (Å²) >= 11 is 0. The Kier molecular flexibility index (Phi) is 6.65. The Morgan fingerprint density at radius 2 is 1.78 bits per heavy atom. The van der Waals surface area contributed by atoms with Gasteiger partial charge in [-0.2, -0.15) is 0 Å². The average molecular weight is 256 g/mol. The number of carbonyl (C=O) groups excluding carboxylic acids is 1. The highest BCUT2D eigenvalue weighted by atomic mass is 16.3. The molecule has 1 N–H and O–H groups in total. The third-order valence-corrected chi connectivity index (χ3v) is 3.84. The van der Waals surface area contributed by atoms with E-state index in [1.165, 1.54) is 12.8 Å². The van der Waals surface area contributed by atoms with Gasteiger partial charge >= 0.3 is 0 Å². The predicted molar refractivity (Wildman–Crippen MR) is 73.4 cm³/mol. The Balaban J connectivity index is 2.43. The maximum atomic E-state index is 12.4. The van der Waals surface area contributed by atoms with Crippen LogP contribution in [0.1, 0.15) is 46.0 Å². The summed E-state index contributed by atoms with van der Waals surface area (Å²) in [5, 5.41) is 9.29. The van der Waals surface area contributed by atoms with Gasteiger partial charge in [0.1, 0.15) is 0 Å².